The van der Waals surface area contributed by atoms with E-state index in [9.17, 15) is 10.1 Å². The number of carbonyl (C=O) groups excluding carboxylic acids is 1. The molecular formula is C16H16N2O2. The second kappa shape index (κ2) is 5.32. The van der Waals surface area contributed by atoms with Crippen LogP contribution in [0.15, 0.2) is 42.5 Å². The molecule has 2 unspecified atom stereocenters. The summed E-state index contributed by atoms with van der Waals surface area (Å²) in [5.74, 6) is -1.13. The van der Waals surface area contributed by atoms with Crippen LogP contribution >= 0.6 is 0 Å². The number of allylic oxidation sites excluding steroid dienone is 2. The van der Waals surface area contributed by atoms with Crippen molar-refractivity contribution in [3.05, 3.63) is 59.2 Å². The number of benzene rings is 1. The minimum atomic E-state index is -1.03. The number of carbonyl (C=O) groups is 1. The van der Waals surface area contributed by atoms with Gasteiger partial charge in [0.05, 0.1) is 17.6 Å². The van der Waals surface area contributed by atoms with E-state index in [0.29, 0.717) is 11.1 Å². The summed E-state index contributed by atoms with van der Waals surface area (Å²) in [5, 5.41) is 9.31. The van der Waals surface area contributed by atoms with Gasteiger partial charge in [-0.15, -0.1) is 0 Å². The number of rotatable bonds is 3. The van der Waals surface area contributed by atoms with E-state index in [1.165, 1.54) is 7.11 Å². The molecule has 102 valence electrons. The van der Waals surface area contributed by atoms with Gasteiger partial charge in [0.2, 0.25) is 5.91 Å². The molecule has 1 aromatic rings. The Morgan fingerprint density at radius 2 is 2.20 bits per heavy atom. The predicted octanol–water partition coefficient (Wildman–Crippen LogP) is 1.94. The molecule has 0 heterocycles. The largest absolute Gasteiger partial charge is 0.369 e. The summed E-state index contributed by atoms with van der Waals surface area (Å²) in [4.78, 5) is 11.8. The van der Waals surface area contributed by atoms with Gasteiger partial charge in [0.25, 0.3) is 0 Å². The second-order valence-electron chi connectivity index (χ2n) is 4.78. The van der Waals surface area contributed by atoms with Gasteiger partial charge in [0.1, 0.15) is 5.60 Å². The highest BCUT2D eigenvalue weighted by molar-refractivity contribution is 5.81. The normalized spacial score (nSPS) is 24.4. The average Bonchev–Trinajstić information content (AvgIpc) is 2.46. The van der Waals surface area contributed by atoms with Crippen molar-refractivity contribution in [3.63, 3.8) is 0 Å². The van der Waals surface area contributed by atoms with Gasteiger partial charge < -0.3 is 10.5 Å². The molecule has 4 nitrogen and oxygen atoms in total. The first-order valence-corrected chi connectivity index (χ1v) is 6.27. The number of nitrogens with zero attached hydrogens (tertiary/aromatic N) is 1. The number of hydrogen-bond donors (Lipinski definition) is 1. The molecule has 1 amide bonds. The molecule has 0 radical (unpaired) electrons. The van der Waals surface area contributed by atoms with Crippen LogP contribution in [-0.2, 0) is 15.1 Å². The molecule has 0 aliphatic heterocycles. The lowest BCUT2D eigenvalue weighted by atomic mass is 9.75. The molecule has 4 heteroatoms. The third kappa shape index (κ3) is 2.13. The van der Waals surface area contributed by atoms with Gasteiger partial charge in [0.15, 0.2) is 0 Å². The fourth-order valence-corrected chi connectivity index (χ4v) is 2.57. The monoisotopic (exact) mass is 268 g/mol. The first kappa shape index (κ1) is 14.0. The number of methoxy groups -OCH3 is 1. The lowest BCUT2D eigenvalue weighted by molar-refractivity contribution is -0.128. The topological polar surface area (TPSA) is 76.1 Å². The van der Waals surface area contributed by atoms with Crippen LogP contribution in [-0.4, -0.2) is 13.0 Å². The molecule has 0 saturated carbocycles. The fourth-order valence-electron chi connectivity index (χ4n) is 2.57. The Balaban J connectivity index is 2.70. The van der Waals surface area contributed by atoms with Gasteiger partial charge in [-0.25, -0.2) is 0 Å². The van der Waals surface area contributed by atoms with Crippen LogP contribution in [0.1, 0.15) is 16.7 Å². The first-order chi connectivity index (χ1) is 9.55. The van der Waals surface area contributed by atoms with Crippen molar-refractivity contribution in [1.29, 1.82) is 5.26 Å². The van der Waals surface area contributed by atoms with Crippen molar-refractivity contribution in [2.45, 2.75) is 12.5 Å². The third-order valence-corrected chi connectivity index (χ3v) is 3.58. The quantitative estimate of drug-likeness (QED) is 0.910. The number of amides is 1. The highest BCUT2D eigenvalue weighted by Crippen LogP contribution is 2.40. The summed E-state index contributed by atoms with van der Waals surface area (Å²) in [5.41, 5.74) is 6.59. The summed E-state index contributed by atoms with van der Waals surface area (Å²) in [6, 6.07) is 7.60. The number of nitrogens with two attached hydrogens (primary N) is 1. The zero-order valence-electron chi connectivity index (χ0n) is 11.5. The molecule has 0 spiro atoms. The van der Waals surface area contributed by atoms with E-state index in [-0.39, 0.29) is 0 Å². The smallest absolute Gasteiger partial charge is 0.227 e. The van der Waals surface area contributed by atoms with E-state index in [1.807, 2.05) is 19.1 Å². The Hall–Kier alpha value is -2.38. The van der Waals surface area contributed by atoms with E-state index >= 15 is 0 Å². The summed E-state index contributed by atoms with van der Waals surface area (Å²) in [6.07, 6.45) is 7.04. The third-order valence-electron chi connectivity index (χ3n) is 3.58. The van der Waals surface area contributed by atoms with Crippen LogP contribution in [0.25, 0.3) is 0 Å². The Bertz CT molecular complexity index is 640. The lowest BCUT2D eigenvalue weighted by Gasteiger charge is -2.36. The summed E-state index contributed by atoms with van der Waals surface area (Å²) >= 11 is 0. The highest BCUT2D eigenvalue weighted by Gasteiger charge is 2.43. The molecule has 20 heavy (non-hydrogen) atoms. The van der Waals surface area contributed by atoms with E-state index in [4.69, 9.17) is 10.5 Å². The van der Waals surface area contributed by atoms with Crippen molar-refractivity contribution in [3.8, 4) is 6.07 Å². The standard InChI is InChI=1S/C16H16N2O2/c1-11-6-7-12(10-17)14(9-11)16(20-2)8-4-3-5-13(16)15(18)19/h3-9,13H,1-2H3,(H2,18,19). The molecule has 1 aliphatic carbocycles. The number of ether oxygens (including phenoxy) is 1. The van der Waals surface area contributed by atoms with E-state index in [1.54, 1.807) is 30.4 Å². The van der Waals surface area contributed by atoms with E-state index in [2.05, 4.69) is 6.07 Å². The van der Waals surface area contributed by atoms with Gasteiger partial charge in [0, 0.05) is 12.7 Å². The first-order valence-electron chi connectivity index (χ1n) is 6.27. The van der Waals surface area contributed by atoms with Gasteiger partial charge >= 0.3 is 0 Å². The molecule has 2 rings (SSSR count). The summed E-state index contributed by atoms with van der Waals surface area (Å²) in [7, 11) is 1.52. The average molecular weight is 268 g/mol. The van der Waals surface area contributed by atoms with E-state index in [0.717, 1.165) is 5.56 Å². The number of primary amides is 1. The maximum atomic E-state index is 11.8. The fraction of sp³-hybridized carbons (Fsp3) is 0.250. The predicted molar refractivity (Wildman–Crippen MR) is 75.5 cm³/mol. The van der Waals surface area contributed by atoms with Gasteiger partial charge in [-0.3, -0.25) is 4.79 Å². The molecule has 2 N–H and O–H groups in total. The van der Waals surface area contributed by atoms with Gasteiger partial charge in [-0.1, -0.05) is 35.9 Å². The Morgan fingerprint density at radius 3 is 2.80 bits per heavy atom. The SMILES string of the molecule is COC1(c2cc(C)ccc2C#N)C=CC=CC1C(N)=O. The minimum Gasteiger partial charge on any atom is -0.369 e. The maximum absolute atomic E-state index is 11.8. The minimum absolute atomic E-state index is 0.476. The molecule has 0 aromatic heterocycles. The van der Waals surface area contributed by atoms with Crippen molar-refractivity contribution in [1.82, 2.24) is 0 Å². The molecule has 1 aliphatic rings. The maximum Gasteiger partial charge on any atom is 0.227 e. The zero-order chi connectivity index (χ0) is 14.8. The molecule has 0 fully saturated rings. The molecule has 0 saturated heterocycles. The Morgan fingerprint density at radius 1 is 1.45 bits per heavy atom. The second-order valence-corrected chi connectivity index (χ2v) is 4.78. The number of aryl methyl sites for hydroxylation is 1. The molecule has 0 bridgehead atoms. The summed E-state index contributed by atoms with van der Waals surface area (Å²) in [6.45, 7) is 1.93. The number of nitriles is 1. The number of hydrogen-bond acceptors (Lipinski definition) is 3. The zero-order valence-corrected chi connectivity index (χ0v) is 11.5. The van der Waals surface area contributed by atoms with Crippen molar-refractivity contribution in [2.24, 2.45) is 11.7 Å². The van der Waals surface area contributed by atoms with E-state index < -0.39 is 17.4 Å². The molecular weight excluding hydrogens is 252 g/mol. The lowest BCUT2D eigenvalue weighted by Crippen LogP contribution is -2.43. The van der Waals surface area contributed by atoms with Gasteiger partial charge in [-0.2, -0.15) is 5.26 Å². The van der Waals surface area contributed by atoms with Crippen LogP contribution in [0, 0.1) is 24.2 Å². The van der Waals surface area contributed by atoms with Crippen LogP contribution in [0.3, 0.4) is 0 Å². The Labute approximate surface area is 118 Å². The molecule has 1 aromatic carbocycles. The highest BCUT2D eigenvalue weighted by atomic mass is 16.5. The molecule has 2 atom stereocenters. The Kier molecular flexibility index (Phi) is 3.73. The van der Waals surface area contributed by atoms with Crippen molar-refractivity contribution in [2.75, 3.05) is 7.11 Å². The van der Waals surface area contributed by atoms with Crippen molar-refractivity contribution < 1.29 is 9.53 Å². The summed E-state index contributed by atoms with van der Waals surface area (Å²) < 4.78 is 5.65. The van der Waals surface area contributed by atoms with Crippen LogP contribution in [0.2, 0.25) is 0 Å². The van der Waals surface area contributed by atoms with Crippen LogP contribution in [0.5, 0.6) is 0 Å². The van der Waals surface area contributed by atoms with Crippen molar-refractivity contribution >= 4 is 5.91 Å². The van der Waals surface area contributed by atoms with Crippen LogP contribution in [0.4, 0.5) is 0 Å². The van der Waals surface area contributed by atoms with Crippen LogP contribution < -0.4 is 5.73 Å². The van der Waals surface area contributed by atoms with Gasteiger partial charge in [-0.05, 0) is 19.1 Å².